The lowest BCUT2D eigenvalue weighted by molar-refractivity contribution is -0.194. The van der Waals surface area contributed by atoms with E-state index in [9.17, 15) is 35.2 Å². The van der Waals surface area contributed by atoms with Crippen molar-refractivity contribution < 1.29 is 41.3 Å². The zero-order valence-corrected chi connectivity index (χ0v) is 21.7. The number of halogens is 5. The van der Waals surface area contributed by atoms with E-state index in [1.165, 1.54) is 13.0 Å². The molecule has 2 saturated carbocycles. The molecule has 2 aromatic rings. The smallest absolute Gasteiger partial charge is 0.397 e. The van der Waals surface area contributed by atoms with E-state index in [4.69, 9.17) is 4.74 Å². The minimum atomic E-state index is -4.39. The van der Waals surface area contributed by atoms with Crippen molar-refractivity contribution in [3.05, 3.63) is 47.7 Å². The van der Waals surface area contributed by atoms with Crippen molar-refractivity contribution >= 4 is 15.9 Å². The molecule has 0 unspecified atom stereocenters. The molecule has 0 radical (unpaired) electrons. The highest BCUT2D eigenvalue weighted by Gasteiger charge is 2.64. The van der Waals surface area contributed by atoms with Gasteiger partial charge in [0.15, 0.2) is 0 Å². The van der Waals surface area contributed by atoms with Crippen molar-refractivity contribution in [1.82, 2.24) is 19.6 Å². The van der Waals surface area contributed by atoms with Crippen molar-refractivity contribution in [2.45, 2.75) is 80.8 Å². The average Bonchev–Trinajstić information content (AvgIpc) is 3.79. The van der Waals surface area contributed by atoms with E-state index in [0.29, 0.717) is 5.82 Å². The second-order valence-corrected chi connectivity index (χ2v) is 12.3. The van der Waals surface area contributed by atoms with Gasteiger partial charge < -0.3 is 10.1 Å². The van der Waals surface area contributed by atoms with Crippen LogP contribution in [-0.4, -0.2) is 59.6 Å². The van der Waals surface area contributed by atoms with Gasteiger partial charge in [-0.1, -0.05) is 0 Å². The number of benzene rings is 1. The number of hydrogen-bond acceptors (Lipinski definition) is 6. The lowest BCUT2D eigenvalue weighted by Gasteiger charge is -2.26. The first-order valence-corrected chi connectivity index (χ1v) is 14.0. The number of carbonyl (C=O) groups is 1. The monoisotopic (exact) mass is 576 g/mol. The Morgan fingerprint density at radius 2 is 1.87 bits per heavy atom. The van der Waals surface area contributed by atoms with Gasteiger partial charge in [0.05, 0.1) is 23.2 Å². The van der Waals surface area contributed by atoms with E-state index in [1.807, 2.05) is 0 Å². The van der Waals surface area contributed by atoms with Crippen LogP contribution in [0.5, 0.6) is 5.88 Å². The number of ether oxygens (including phenoxy) is 1. The van der Waals surface area contributed by atoms with Gasteiger partial charge in [0.2, 0.25) is 21.8 Å². The molecule has 3 atom stereocenters. The quantitative estimate of drug-likeness (QED) is 0.448. The van der Waals surface area contributed by atoms with E-state index in [2.05, 4.69) is 15.3 Å². The number of sulfonamides is 1. The molecule has 2 aliphatic carbocycles. The third-order valence-corrected chi connectivity index (χ3v) is 9.49. The zero-order chi connectivity index (χ0) is 28.2. The first-order chi connectivity index (χ1) is 18.3. The van der Waals surface area contributed by atoms with Gasteiger partial charge in [0.25, 0.3) is 0 Å². The van der Waals surface area contributed by atoms with E-state index in [0.717, 1.165) is 41.4 Å². The van der Waals surface area contributed by atoms with Gasteiger partial charge in [0.1, 0.15) is 35.9 Å². The molecule has 8 nitrogen and oxygen atoms in total. The molecule has 1 N–H and O–H groups in total. The molecule has 39 heavy (non-hydrogen) atoms. The summed E-state index contributed by atoms with van der Waals surface area (Å²) in [6.07, 6.45) is -4.79. The Kier molecular flexibility index (Phi) is 7.06. The van der Waals surface area contributed by atoms with Crippen molar-refractivity contribution in [3.63, 3.8) is 0 Å². The number of hydrogen-bond donors (Lipinski definition) is 1. The molecule has 1 saturated heterocycles. The highest BCUT2D eigenvalue weighted by molar-refractivity contribution is 7.89. The summed E-state index contributed by atoms with van der Waals surface area (Å²) in [5.74, 6) is -1.01. The van der Waals surface area contributed by atoms with E-state index >= 15 is 0 Å². The molecule has 1 amide bonds. The van der Waals surface area contributed by atoms with Crippen LogP contribution >= 0.6 is 0 Å². The Bertz CT molecular complexity index is 1350. The summed E-state index contributed by atoms with van der Waals surface area (Å²) in [5, 5.41) is 2.57. The van der Waals surface area contributed by atoms with Crippen molar-refractivity contribution in [2.75, 3.05) is 6.61 Å². The summed E-state index contributed by atoms with van der Waals surface area (Å²) in [6.45, 7) is 0.578. The number of amides is 1. The summed E-state index contributed by atoms with van der Waals surface area (Å²) in [7, 11) is -4.33. The normalized spacial score (nSPS) is 24.9. The highest BCUT2D eigenvalue weighted by atomic mass is 32.2. The average molecular weight is 577 g/mol. The van der Waals surface area contributed by atoms with Crippen LogP contribution < -0.4 is 10.1 Å². The Balaban J connectivity index is 0.00000370. The third-order valence-electron chi connectivity index (χ3n) is 7.48. The molecule has 2 heterocycles. The van der Waals surface area contributed by atoms with Crippen LogP contribution in [0, 0.1) is 11.2 Å². The van der Waals surface area contributed by atoms with Crippen molar-refractivity contribution in [2.24, 2.45) is 5.41 Å². The second kappa shape index (κ2) is 9.95. The summed E-state index contributed by atoms with van der Waals surface area (Å²) in [4.78, 5) is 21.5. The van der Waals surface area contributed by atoms with Gasteiger partial charge in [-0.15, -0.1) is 0 Å². The standard InChI is InChI=1S/C25H27F5N4O4S.H2/c1-14-19(27)11-20(34(14)39(36,37)18-6-4-16(26)5-7-18)23(35)31-12-17-10-21(33-22(32-17)15-2-3-15)38-13-24(8-9-24)25(28,29)30;/h4-7,10,14-15,19-20H,2-3,8-9,11-13H2,1H3,(H,31,35);1H/t14-,19+,20-;/m0./s1. The largest absolute Gasteiger partial charge is 0.477 e. The Hall–Kier alpha value is -2.87. The van der Waals surface area contributed by atoms with Gasteiger partial charge in [-0.2, -0.15) is 22.5 Å². The minimum Gasteiger partial charge on any atom is -0.477 e. The lowest BCUT2D eigenvalue weighted by Crippen LogP contribution is -2.48. The minimum absolute atomic E-state index is 0. The molecule has 1 aromatic heterocycles. The van der Waals surface area contributed by atoms with Crippen LogP contribution in [0.25, 0.3) is 0 Å². The van der Waals surface area contributed by atoms with E-state index < -0.39 is 58.2 Å². The van der Waals surface area contributed by atoms with Gasteiger partial charge >= 0.3 is 6.18 Å². The molecular formula is C25H29F5N4O4S. The summed E-state index contributed by atoms with van der Waals surface area (Å²) in [6, 6.07) is 2.84. The number of nitrogens with zero attached hydrogens (tertiary/aromatic N) is 3. The van der Waals surface area contributed by atoms with E-state index in [1.54, 1.807) is 0 Å². The maximum absolute atomic E-state index is 14.7. The molecule has 1 aliphatic heterocycles. The number of aromatic nitrogens is 2. The van der Waals surface area contributed by atoms with Crippen LogP contribution in [0.1, 0.15) is 57.9 Å². The van der Waals surface area contributed by atoms with Gasteiger partial charge in [-0.3, -0.25) is 4.79 Å². The van der Waals surface area contributed by atoms with Gasteiger partial charge in [-0.25, -0.2) is 22.2 Å². The van der Waals surface area contributed by atoms with Crippen LogP contribution in [0.4, 0.5) is 22.0 Å². The second-order valence-electron chi connectivity index (χ2n) is 10.4. The van der Waals surface area contributed by atoms with E-state index in [-0.39, 0.29) is 49.6 Å². The molecule has 3 aliphatic rings. The molecule has 214 valence electrons. The summed E-state index contributed by atoms with van der Waals surface area (Å²) < 4.78 is 101. The maximum Gasteiger partial charge on any atom is 0.397 e. The Morgan fingerprint density at radius 3 is 2.46 bits per heavy atom. The van der Waals surface area contributed by atoms with Gasteiger partial charge in [0, 0.05) is 19.8 Å². The molecule has 1 aromatic carbocycles. The fourth-order valence-electron chi connectivity index (χ4n) is 4.64. The molecule has 0 spiro atoms. The fraction of sp³-hybridized carbons (Fsp3) is 0.560. The SMILES string of the molecule is C[C@H]1[C@H](F)C[C@@H](C(=O)NCc2cc(OCC3(C(F)(F)F)CC3)nc(C3CC3)n2)N1S(=O)(=O)c1ccc(F)cc1.[HH]. The molecular weight excluding hydrogens is 547 g/mol. The highest BCUT2D eigenvalue weighted by Crippen LogP contribution is 2.57. The van der Waals surface area contributed by atoms with Crippen LogP contribution in [0.15, 0.2) is 35.2 Å². The van der Waals surface area contributed by atoms with Crippen LogP contribution in [0.2, 0.25) is 0 Å². The number of alkyl halides is 4. The lowest BCUT2D eigenvalue weighted by atomic mass is 10.1. The molecule has 14 heteroatoms. The Labute approximate surface area is 223 Å². The van der Waals surface area contributed by atoms with Crippen molar-refractivity contribution in [1.29, 1.82) is 0 Å². The number of rotatable bonds is 9. The number of carbonyl (C=O) groups excluding carboxylic acids is 1. The van der Waals surface area contributed by atoms with Crippen LogP contribution in [0.3, 0.4) is 0 Å². The Morgan fingerprint density at radius 1 is 1.21 bits per heavy atom. The zero-order valence-electron chi connectivity index (χ0n) is 20.9. The first kappa shape index (κ1) is 27.7. The predicted molar refractivity (Wildman–Crippen MR) is 129 cm³/mol. The topological polar surface area (TPSA) is 101 Å². The number of nitrogens with one attached hydrogen (secondary N) is 1. The fourth-order valence-corrected chi connectivity index (χ4v) is 6.45. The predicted octanol–water partition coefficient (Wildman–Crippen LogP) is 4.27. The molecule has 3 fully saturated rings. The van der Waals surface area contributed by atoms with Crippen molar-refractivity contribution in [3.8, 4) is 5.88 Å². The summed E-state index contributed by atoms with van der Waals surface area (Å²) >= 11 is 0. The molecule has 0 bridgehead atoms. The molecule has 5 rings (SSSR count). The first-order valence-electron chi connectivity index (χ1n) is 12.6. The van der Waals surface area contributed by atoms with Crippen LogP contribution in [-0.2, 0) is 21.4 Å². The maximum atomic E-state index is 14.7. The third kappa shape index (κ3) is 5.58. The summed E-state index contributed by atoms with van der Waals surface area (Å²) in [5.41, 5.74) is -1.61. The van der Waals surface area contributed by atoms with Gasteiger partial charge in [-0.05, 0) is 56.9 Å².